The number of ether oxygens (including phenoxy) is 1. The molecule has 1 aliphatic heterocycles. The van der Waals surface area contributed by atoms with E-state index < -0.39 is 0 Å². The van der Waals surface area contributed by atoms with Crippen molar-refractivity contribution in [2.75, 3.05) is 18.1 Å². The van der Waals surface area contributed by atoms with Crippen LogP contribution < -0.4 is 10.1 Å². The van der Waals surface area contributed by atoms with Crippen LogP contribution in [0.2, 0.25) is 0 Å². The summed E-state index contributed by atoms with van der Waals surface area (Å²) in [6.07, 6.45) is 3.21. The van der Waals surface area contributed by atoms with Gasteiger partial charge in [-0.25, -0.2) is 0 Å². The predicted molar refractivity (Wildman–Crippen MR) is 110 cm³/mol. The van der Waals surface area contributed by atoms with Crippen LogP contribution in [0.25, 0.3) is 0 Å². The number of amides is 1. The third-order valence-corrected chi connectivity index (χ3v) is 7.93. The van der Waals surface area contributed by atoms with Crippen LogP contribution in [0.5, 0.6) is 5.75 Å². The van der Waals surface area contributed by atoms with Crippen LogP contribution in [0.4, 0.5) is 0 Å². The highest BCUT2D eigenvalue weighted by Gasteiger charge is 2.23. The molecular weight excluding hydrogens is 362 g/mol. The average Bonchev–Trinajstić information content (AvgIpc) is 3.21. The molecule has 2 aromatic carbocycles. The van der Waals surface area contributed by atoms with Crippen LogP contribution >= 0.6 is 23.5 Å². The summed E-state index contributed by atoms with van der Waals surface area (Å²) < 4.78 is 6.32. The largest absolute Gasteiger partial charge is 0.483 e. The van der Waals surface area contributed by atoms with Crippen molar-refractivity contribution in [3.63, 3.8) is 0 Å². The molecule has 1 amide bonds. The number of aryl methyl sites for hydroxylation is 1. The van der Waals surface area contributed by atoms with Crippen molar-refractivity contribution in [1.82, 2.24) is 5.32 Å². The van der Waals surface area contributed by atoms with E-state index in [9.17, 15) is 4.79 Å². The maximum Gasteiger partial charge on any atom is 0.258 e. The number of fused-ring (bicyclic) bond motifs is 1. The molecule has 2 aliphatic rings. The Balaban J connectivity index is 1.38. The number of nitrogens with one attached hydrogen (secondary N) is 1. The predicted octanol–water partition coefficient (Wildman–Crippen LogP) is 4.74. The minimum Gasteiger partial charge on any atom is -0.483 e. The number of carbonyl (C=O) groups excluding carboxylic acids is 1. The lowest BCUT2D eigenvalue weighted by Crippen LogP contribution is -2.34. The fourth-order valence-corrected chi connectivity index (χ4v) is 6.54. The smallest absolute Gasteiger partial charge is 0.258 e. The highest BCUT2D eigenvalue weighted by atomic mass is 32.2. The number of thioether (sulfide) groups is 2. The Morgan fingerprint density at radius 1 is 1.04 bits per heavy atom. The van der Waals surface area contributed by atoms with Crippen LogP contribution in [0, 0.1) is 0 Å². The Kier molecular flexibility index (Phi) is 5.75. The molecule has 2 aromatic rings. The van der Waals surface area contributed by atoms with E-state index in [1.807, 2.05) is 47.8 Å². The van der Waals surface area contributed by atoms with Crippen molar-refractivity contribution < 1.29 is 9.53 Å². The molecule has 1 saturated heterocycles. The van der Waals surface area contributed by atoms with Crippen molar-refractivity contribution in [2.24, 2.45) is 0 Å². The second kappa shape index (κ2) is 8.40. The standard InChI is InChI=1S/C21H23NO2S2/c23-20(22-18-10-5-7-15-6-1-2-8-16(15)18)14-24-19-11-4-3-9-17(19)21-25-12-13-26-21/h1-4,6,8-9,11,18,21H,5,7,10,12-14H2,(H,22,23). The summed E-state index contributed by atoms with van der Waals surface area (Å²) in [5.41, 5.74) is 3.80. The number of carbonyl (C=O) groups is 1. The first-order valence-corrected chi connectivity index (χ1v) is 11.2. The molecule has 0 spiro atoms. The summed E-state index contributed by atoms with van der Waals surface area (Å²) in [5.74, 6) is 3.13. The van der Waals surface area contributed by atoms with Gasteiger partial charge in [-0.15, -0.1) is 23.5 Å². The molecule has 0 aromatic heterocycles. The average molecular weight is 386 g/mol. The first-order chi connectivity index (χ1) is 12.8. The highest BCUT2D eigenvalue weighted by Crippen LogP contribution is 2.48. The maximum absolute atomic E-state index is 12.5. The van der Waals surface area contributed by atoms with Gasteiger partial charge in [0.15, 0.2) is 6.61 Å². The van der Waals surface area contributed by atoms with Gasteiger partial charge in [0.05, 0.1) is 10.6 Å². The van der Waals surface area contributed by atoms with Crippen LogP contribution in [0.1, 0.15) is 40.2 Å². The molecule has 1 atom stereocenters. The Morgan fingerprint density at radius 3 is 2.62 bits per heavy atom. The Morgan fingerprint density at radius 2 is 1.77 bits per heavy atom. The van der Waals surface area contributed by atoms with Gasteiger partial charge in [0.2, 0.25) is 0 Å². The summed E-state index contributed by atoms with van der Waals surface area (Å²) in [6, 6.07) is 16.6. The van der Waals surface area contributed by atoms with Crippen LogP contribution in [-0.4, -0.2) is 24.0 Å². The molecule has 4 rings (SSSR count). The molecule has 1 unspecified atom stereocenters. The fourth-order valence-electron chi connectivity index (χ4n) is 3.63. The summed E-state index contributed by atoms with van der Waals surface area (Å²) in [4.78, 5) is 12.5. The third-order valence-electron chi connectivity index (χ3n) is 4.86. The van der Waals surface area contributed by atoms with E-state index in [2.05, 4.69) is 29.6 Å². The molecule has 0 radical (unpaired) electrons. The Hall–Kier alpha value is -1.59. The summed E-state index contributed by atoms with van der Waals surface area (Å²) in [7, 11) is 0. The molecule has 1 fully saturated rings. The van der Waals surface area contributed by atoms with E-state index in [0.29, 0.717) is 4.58 Å². The van der Waals surface area contributed by atoms with Gasteiger partial charge in [0.1, 0.15) is 5.75 Å². The Labute approximate surface area is 163 Å². The van der Waals surface area contributed by atoms with Gasteiger partial charge < -0.3 is 10.1 Å². The van der Waals surface area contributed by atoms with E-state index in [0.717, 1.165) is 25.0 Å². The van der Waals surface area contributed by atoms with E-state index in [4.69, 9.17) is 4.74 Å². The number of benzene rings is 2. The van der Waals surface area contributed by atoms with E-state index in [1.54, 1.807) is 0 Å². The van der Waals surface area contributed by atoms with Crippen LogP contribution in [0.3, 0.4) is 0 Å². The molecule has 0 bridgehead atoms. The third kappa shape index (κ3) is 4.04. The first-order valence-electron chi connectivity index (χ1n) is 9.13. The first kappa shape index (κ1) is 17.8. The molecule has 5 heteroatoms. The van der Waals surface area contributed by atoms with Gasteiger partial charge in [-0.1, -0.05) is 42.5 Å². The number of para-hydroxylation sites is 1. The summed E-state index contributed by atoms with van der Waals surface area (Å²) in [6.45, 7) is 0.0672. The molecule has 0 saturated carbocycles. The molecule has 1 heterocycles. The van der Waals surface area contributed by atoms with Gasteiger partial charge in [0, 0.05) is 17.1 Å². The van der Waals surface area contributed by atoms with Crippen molar-refractivity contribution >= 4 is 29.4 Å². The second-order valence-corrected chi connectivity index (χ2v) is 9.34. The molecule has 1 N–H and O–H groups in total. The number of hydrogen-bond acceptors (Lipinski definition) is 4. The minimum atomic E-state index is -0.0479. The normalized spacial score (nSPS) is 19.8. The maximum atomic E-state index is 12.5. The lowest BCUT2D eigenvalue weighted by Gasteiger charge is -2.26. The zero-order valence-corrected chi connectivity index (χ0v) is 16.3. The lowest BCUT2D eigenvalue weighted by atomic mass is 9.88. The quantitative estimate of drug-likeness (QED) is 0.807. The van der Waals surface area contributed by atoms with Crippen molar-refractivity contribution in [3.8, 4) is 5.75 Å². The zero-order chi connectivity index (χ0) is 17.8. The van der Waals surface area contributed by atoms with E-state index >= 15 is 0 Å². The van der Waals surface area contributed by atoms with Gasteiger partial charge in [0.25, 0.3) is 5.91 Å². The van der Waals surface area contributed by atoms with Crippen LogP contribution in [-0.2, 0) is 11.2 Å². The van der Waals surface area contributed by atoms with Gasteiger partial charge >= 0.3 is 0 Å². The van der Waals surface area contributed by atoms with Gasteiger partial charge in [-0.2, -0.15) is 0 Å². The molecule has 136 valence electrons. The monoisotopic (exact) mass is 385 g/mol. The lowest BCUT2D eigenvalue weighted by molar-refractivity contribution is -0.124. The van der Waals surface area contributed by atoms with Crippen LogP contribution in [0.15, 0.2) is 48.5 Å². The van der Waals surface area contributed by atoms with E-state index in [1.165, 1.54) is 28.2 Å². The summed E-state index contributed by atoms with van der Waals surface area (Å²) >= 11 is 3.89. The molecule has 1 aliphatic carbocycles. The highest BCUT2D eigenvalue weighted by molar-refractivity contribution is 8.19. The zero-order valence-electron chi connectivity index (χ0n) is 14.6. The molecular formula is C21H23NO2S2. The van der Waals surface area contributed by atoms with Crippen molar-refractivity contribution in [1.29, 1.82) is 0 Å². The summed E-state index contributed by atoms with van der Waals surface area (Å²) in [5, 5.41) is 3.16. The number of hydrogen-bond donors (Lipinski definition) is 1. The Bertz CT molecular complexity index is 774. The fraction of sp³-hybridized carbons (Fsp3) is 0.381. The van der Waals surface area contributed by atoms with Crippen molar-refractivity contribution in [2.45, 2.75) is 29.9 Å². The number of rotatable bonds is 5. The van der Waals surface area contributed by atoms with Gasteiger partial charge in [-0.3, -0.25) is 4.79 Å². The van der Waals surface area contributed by atoms with Crippen molar-refractivity contribution in [3.05, 3.63) is 65.2 Å². The van der Waals surface area contributed by atoms with E-state index in [-0.39, 0.29) is 18.6 Å². The SMILES string of the molecule is O=C(COc1ccccc1C1SCCS1)NC1CCCc2ccccc21. The topological polar surface area (TPSA) is 38.3 Å². The second-order valence-electron chi connectivity index (χ2n) is 6.61. The van der Waals surface area contributed by atoms with Gasteiger partial charge in [-0.05, 0) is 36.5 Å². The molecule has 26 heavy (non-hydrogen) atoms. The minimum absolute atomic E-state index is 0.0479. The molecule has 3 nitrogen and oxygen atoms in total.